The summed E-state index contributed by atoms with van der Waals surface area (Å²) in [5, 5.41) is 16.1. The lowest BCUT2D eigenvalue weighted by Crippen LogP contribution is -2.34. The molecule has 0 aliphatic heterocycles. The first-order valence-corrected chi connectivity index (χ1v) is 9.74. The van der Waals surface area contributed by atoms with Gasteiger partial charge in [0.1, 0.15) is 16.8 Å². The molecule has 0 unspecified atom stereocenters. The monoisotopic (exact) mass is 385 g/mol. The Labute approximate surface area is 162 Å². The fraction of sp³-hybridized carbons (Fsp3) is 0.316. The van der Waals surface area contributed by atoms with Crippen LogP contribution in [0.1, 0.15) is 46.1 Å². The summed E-state index contributed by atoms with van der Waals surface area (Å²) in [4.78, 5) is 13.6. The van der Waals surface area contributed by atoms with Gasteiger partial charge in [0, 0.05) is 10.4 Å². The van der Waals surface area contributed by atoms with Crippen LogP contribution >= 0.6 is 23.6 Å². The molecule has 0 radical (unpaired) electrons. The lowest BCUT2D eigenvalue weighted by atomic mass is 9.96. The van der Waals surface area contributed by atoms with Gasteiger partial charge in [-0.3, -0.25) is 10.1 Å². The van der Waals surface area contributed by atoms with E-state index in [1.807, 2.05) is 6.92 Å². The molecule has 5 nitrogen and oxygen atoms in total. The first-order chi connectivity index (χ1) is 12.6. The van der Waals surface area contributed by atoms with E-state index in [-0.39, 0.29) is 11.0 Å². The number of fused-ring (bicyclic) bond motifs is 1. The topological polar surface area (TPSA) is 74.2 Å². The number of nitriles is 1. The summed E-state index contributed by atoms with van der Waals surface area (Å²) in [5.41, 5.74) is 2.28. The molecular weight excluding hydrogens is 366 g/mol. The Morgan fingerprint density at radius 2 is 2.04 bits per heavy atom. The van der Waals surface area contributed by atoms with Crippen molar-refractivity contribution in [1.82, 2.24) is 5.32 Å². The lowest BCUT2D eigenvalue weighted by molar-refractivity contribution is 0.0977. The van der Waals surface area contributed by atoms with E-state index in [1.165, 1.54) is 4.88 Å². The molecule has 7 heteroatoms. The van der Waals surface area contributed by atoms with Crippen LogP contribution in [0, 0.1) is 11.3 Å². The summed E-state index contributed by atoms with van der Waals surface area (Å²) < 4.78 is 5.37. The molecule has 0 atom stereocenters. The van der Waals surface area contributed by atoms with Gasteiger partial charge in [-0.1, -0.05) is 0 Å². The number of hydrogen-bond donors (Lipinski definition) is 2. The lowest BCUT2D eigenvalue weighted by Gasteiger charge is -2.10. The summed E-state index contributed by atoms with van der Waals surface area (Å²) in [6.07, 6.45) is 4.19. The van der Waals surface area contributed by atoms with Crippen LogP contribution in [0.5, 0.6) is 5.75 Å². The van der Waals surface area contributed by atoms with Gasteiger partial charge in [0.25, 0.3) is 5.91 Å². The molecule has 1 amide bonds. The number of anilines is 1. The minimum absolute atomic E-state index is 0.194. The summed E-state index contributed by atoms with van der Waals surface area (Å²) in [5.74, 6) is 0.415. The van der Waals surface area contributed by atoms with Gasteiger partial charge in [0.15, 0.2) is 5.11 Å². The quantitative estimate of drug-likeness (QED) is 0.778. The SMILES string of the molecule is CCOc1ccc(C(=O)NC(=S)Nc2sc3c(c2C#N)CCCC3)cc1. The van der Waals surface area contributed by atoms with Gasteiger partial charge in [-0.15, -0.1) is 11.3 Å². The number of benzene rings is 1. The highest BCUT2D eigenvalue weighted by Crippen LogP contribution is 2.37. The smallest absolute Gasteiger partial charge is 0.257 e. The molecule has 1 aliphatic carbocycles. The van der Waals surface area contributed by atoms with Gasteiger partial charge in [0.2, 0.25) is 0 Å². The highest BCUT2D eigenvalue weighted by atomic mass is 32.1. The van der Waals surface area contributed by atoms with Gasteiger partial charge < -0.3 is 10.1 Å². The maximum atomic E-state index is 12.3. The molecule has 1 aromatic carbocycles. The summed E-state index contributed by atoms with van der Waals surface area (Å²) in [6, 6.07) is 9.14. The first kappa shape index (κ1) is 18.4. The Kier molecular flexibility index (Phi) is 5.86. The third kappa shape index (κ3) is 4.03. The van der Waals surface area contributed by atoms with Crippen LogP contribution in [0.25, 0.3) is 0 Å². The molecule has 134 valence electrons. The van der Waals surface area contributed by atoms with Crippen molar-refractivity contribution in [2.75, 3.05) is 11.9 Å². The highest BCUT2D eigenvalue weighted by Gasteiger charge is 2.21. The van der Waals surface area contributed by atoms with Crippen molar-refractivity contribution < 1.29 is 9.53 Å². The van der Waals surface area contributed by atoms with Crippen molar-refractivity contribution in [1.29, 1.82) is 5.26 Å². The normalized spacial score (nSPS) is 12.6. The average molecular weight is 386 g/mol. The zero-order chi connectivity index (χ0) is 18.5. The number of nitrogens with zero attached hydrogens (tertiary/aromatic N) is 1. The van der Waals surface area contributed by atoms with Crippen molar-refractivity contribution in [3.63, 3.8) is 0 Å². The van der Waals surface area contributed by atoms with E-state index in [0.717, 1.165) is 36.2 Å². The van der Waals surface area contributed by atoms with E-state index < -0.39 is 0 Å². The summed E-state index contributed by atoms with van der Waals surface area (Å²) in [6.45, 7) is 2.48. The zero-order valence-electron chi connectivity index (χ0n) is 14.4. The maximum Gasteiger partial charge on any atom is 0.257 e. The van der Waals surface area contributed by atoms with Gasteiger partial charge >= 0.3 is 0 Å². The number of aryl methyl sites for hydroxylation is 1. The molecule has 0 saturated heterocycles. The Hall–Kier alpha value is -2.43. The number of rotatable bonds is 4. The molecule has 1 heterocycles. The molecule has 26 heavy (non-hydrogen) atoms. The molecule has 2 N–H and O–H groups in total. The molecule has 0 fully saturated rings. The molecule has 1 aliphatic rings. The minimum Gasteiger partial charge on any atom is -0.494 e. The Bertz CT molecular complexity index is 866. The van der Waals surface area contributed by atoms with Gasteiger partial charge in [-0.2, -0.15) is 5.26 Å². The van der Waals surface area contributed by atoms with E-state index >= 15 is 0 Å². The predicted octanol–water partition coefficient (Wildman–Crippen LogP) is 4.02. The molecule has 0 saturated carbocycles. The second-order valence-corrected chi connectivity index (χ2v) is 7.41. The fourth-order valence-electron chi connectivity index (χ4n) is 2.95. The first-order valence-electron chi connectivity index (χ1n) is 8.52. The fourth-order valence-corrected chi connectivity index (χ4v) is 4.45. The van der Waals surface area contributed by atoms with Crippen LogP contribution in [0.15, 0.2) is 24.3 Å². The number of ether oxygens (including phenoxy) is 1. The minimum atomic E-state index is -0.301. The summed E-state index contributed by atoms with van der Waals surface area (Å²) in [7, 11) is 0. The van der Waals surface area contributed by atoms with Crippen LogP contribution in [0.3, 0.4) is 0 Å². The number of carbonyl (C=O) groups is 1. The Morgan fingerprint density at radius 1 is 1.31 bits per heavy atom. The second kappa shape index (κ2) is 8.30. The van der Waals surface area contributed by atoms with Crippen LogP contribution in [0.2, 0.25) is 0 Å². The van der Waals surface area contributed by atoms with Crippen LogP contribution in [0.4, 0.5) is 5.00 Å². The molecule has 0 spiro atoms. The van der Waals surface area contributed by atoms with E-state index in [0.29, 0.717) is 23.5 Å². The molecule has 0 bridgehead atoms. The number of carbonyl (C=O) groups excluding carboxylic acids is 1. The molecule has 3 rings (SSSR count). The second-order valence-electron chi connectivity index (χ2n) is 5.89. The van der Waals surface area contributed by atoms with Crippen molar-refractivity contribution in [2.24, 2.45) is 0 Å². The predicted molar refractivity (Wildman–Crippen MR) is 107 cm³/mol. The molecule has 2 aromatic rings. The standard InChI is InChI=1S/C19H19N3O2S2/c1-2-24-13-9-7-12(8-10-13)17(23)21-19(25)22-18-15(11-20)14-5-3-4-6-16(14)26-18/h7-10H,2-6H2,1H3,(H2,21,22,23,25). The Morgan fingerprint density at radius 3 is 2.73 bits per heavy atom. The van der Waals surface area contributed by atoms with E-state index in [2.05, 4.69) is 16.7 Å². The number of thiocarbonyl (C=S) groups is 1. The molecule has 1 aromatic heterocycles. The highest BCUT2D eigenvalue weighted by molar-refractivity contribution is 7.80. The number of hydrogen-bond acceptors (Lipinski definition) is 5. The van der Waals surface area contributed by atoms with Crippen molar-refractivity contribution in [3.8, 4) is 11.8 Å². The summed E-state index contributed by atoms with van der Waals surface area (Å²) >= 11 is 6.81. The third-order valence-electron chi connectivity index (χ3n) is 4.16. The number of nitrogens with one attached hydrogen (secondary N) is 2. The largest absolute Gasteiger partial charge is 0.494 e. The maximum absolute atomic E-state index is 12.3. The van der Waals surface area contributed by atoms with Crippen molar-refractivity contribution >= 4 is 39.6 Å². The number of thiophene rings is 1. The van der Waals surface area contributed by atoms with E-state index in [4.69, 9.17) is 17.0 Å². The van der Waals surface area contributed by atoms with E-state index in [9.17, 15) is 10.1 Å². The van der Waals surface area contributed by atoms with Gasteiger partial charge in [-0.05, 0) is 74.7 Å². The van der Waals surface area contributed by atoms with Crippen LogP contribution in [-0.4, -0.2) is 17.6 Å². The van der Waals surface area contributed by atoms with Gasteiger partial charge in [0.05, 0.1) is 12.2 Å². The zero-order valence-corrected chi connectivity index (χ0v) is 16.1. The van der Waals surface area contributed by atoms with Crippen LogP contribution < -0.4 is 15.4 Å². The van der Waals surface area contributed by atoms with Crippen molar-refractivity contribution in [3.05, 3.63) is 45.8 Å². The number of amides is 1. The third-order valence-corrected chi connectivity index (χ3v) is 5.58. The van der Waals surface area contributed by atoms with Crippen molar-refractivity contribution in [2.45, 2.75) is 32.6 Å². The van der Waals surface area contributed by atoms with Gasteiger partial charge in [-0.25, -0.2) is 0 Å². The average Bonchev–Trinajstić information content (AvgIpc) is 2.99. The molecular formula is C19H19N3O2S2. The Balaban J connectivity index is 1.66. The van der Waals surface area contributed by atoms with E-state index in [1.54, 1.807) is 35.6 Å². The van der Waals surface area contributed by atoms with Crippen LogP contribution in [-0.2, 0) is 12.8 Å².